The van der Waals surface area contributed by atoms with E-state index in [0.29, 0.717) is 18.3 Å². The zero-order valence-corrected chi connectivity index (χ0v) is 11.4. The summed E-state index contributed by atoms with van der Waals surface area (Å²) < 4.78 is 7.58. The van der Waals surface area contributed by atoms with Gasteiger partial charge in [-0.1, -0.05) is 0 Å². The minimum absolute atomic E-state index is 0.484. The van der Waals surface area contributed by atoms with Crippen LogP contribution in [0.2, 0.25) is 0 Å². The third kappa shape index (κ3) is 2.27. The van der Waals surface area contributed by atoms with E-state index >= 15 is 0 Å². The summed E-state index contributed by atoms with van der Waals surface area (Å²) in [6, 6.07) is 3.72. The average molecular weight is 269 g/mol. The lowest BCUT2D eigenvalue weighted by atomic mass is 10.2. The van der Waals surface area contributed by atoms with Crippen molar-refractivity contribution in [3.8, 4) is 11.3 Å². The summed E-state index contributed by atoms with van der Waals surface area (Å²) in [6.07, 6.45) is 5.22. The van der Waals surface area contributed by atoms with Crippen molar-refractivity contribution in [1.82, 2.24) is 19.5 Å². The van der Waals surface area contributed by atoms with Crippen molar-refractivity contribution in [2.45, 2.75) is 20.4 Å². The monoisotopic (exact) mass is 269 g/mol. The Morgan fingerprint density at radius 2 is 2.20 bits per heavy atom. The van der Waals surface area contributed by atoms with Gasteiger partial charge in [-0.25, -0.2) is 15.0 Å². The third-order valence-corrected chi connectivity index (χ3v) is 3.17. The van der Waals surface area contributed by atoms with Crippen molar-refractivity contribution in [3.05, 3.63) is 48.2 Å². The summed E-state index contributed by atoms with van der Waals surface area (Å²) in [7, 11) is 0. The SMILES string of the molecule is Cc1nc(Cn2cncc2-c2ccnc(N)c2)oc1C. The van der Waals surface area contributed by atoms with E-state index in [0.717, 1.165) is 22.7 Å². The molecule has 0 aromatic carbocycles. The molecule has 3 aromatic heterocycles. The topological polar surface area (TPSA) is 82.8 Å². The molecule has 3 heterocycles. The lowest BCUT2D eigenvalue weighted by molar-refractivity contribution is 0.457. The molecule has 0 bridgehead atoms. The highest BCUT2D eigenvalue weighted by Gasteiger charge is 2.10. The number of hydrogen-bond acceptors (Lipinski definition) is 5. The van der Waals surface area contributed by atoms with Crippen molar-refractivity contribution >= 4 is 5.82 Å². The summed E-state index contributed by atoms with van der Waals surface area (Å²) in [4.78, 5) is 12.6. The van der Waals surface area contributed by atoms with Gasteiger partial charge in [-0.3, -0.25) is 0 Å². The van der Waals surface area contributed by atoms with E-state index in [1.165, 1.54) is 0 Å². The Morgan fingerprint density at radius 3 is 2.90 bits per heavy atom. The Balaban J connectivity index is 1.94. The van der Waals surface area contributed by atoms with Crippen LogP contribution in [-0.4, -0.2) is 19.5 Å². The van der Waals surface area contributed by atoms with Crippen molar-refractivity contribution in [2.24, 2.45) is 0 Å². The van der Waals surface area contributed by atoms with Crippen LogP contribution in [0.15, 0.2) is 35.3 Å². The van der Waals surface area contributed by atoms with Gasteiger partial charge in [0.2, 0.25) is 5.89 Å². The van der Waals surface area contributed by atoms with E-state index in [4.69, 9.17) is 10.2 Å². The first-order valence-corrected chi connectivity index (χ1v) is 6.28. The molecule has 0 fully saturated rings. The summed E-state index contributed by atoms with van der Waals surface area (Å²) in [5.41, 5.74) is 8.55. The molecule has 6 nitrogen and oxygen atoms in total. The van der Waals surface area contributed by atoms with Crippen LogP contribution < -0.4 is 5.73 Å². The van der Waals surface area contributed by atoms with Crippen LogP contribution in [0.1, 0.15) is 17.3 Å². The predicted octanol–water partition coefficient (Wildman–Crippen LogP) is 2.18. The molecule has 0 saturated heterocycles. The zero-order chi connectivity index (χ0) is 14.1. The fraction of sp³-hybridized carbons (Fsp3) is 0.214. The second-order valence-electron chi connectivity index (χ2n) is 4.63. The predicted molar refractivity (Wildman–Crippen MR) is 74.9 cm³/mol. The van der Waals surface area contributed by atoms with E-state index in [1.54, 1.807) is 18.7 Å². The number of rotatable bonds is 3. The largest absolute Gasteiger partial charge is 0.444 e. The molecule has 3 rings (SSSR count). The van der Waals surface area contributed by atoms with Crippen LogP contribution in [0.25, 0.3) is 11.3 Å². The van der Waals surface area contributed by atoms with Gasteiger partial charge in [-0.05, 0) is 26.0 Å². The average Bonchev–Trinajstić information content (AvgIpc) is 2.98. The second-order valence-corrected chi connectivity index (χ2v) is 4.63. The molecule has 20 heavy (non-hydrogen) atoms. The van der Waals surface area contributed by atoms with Crippen molar-refractivity contribution < 1.29 is 4.42 Å². The van der Waals surface area contributed by atoms with Crippen LogP contribution in [0.5, 0.6) is 0 Å². The molecule has 0 radical (unpaired) electrons. The zero-order valence-electron chi connectivity index (χ0n) is 11.4. The van der Waals surface area contributed by atoms with Gasteiger partial charge in [0.25, 0.3) is 0 Å². The number of pyridine rings is 1. The Kier molecular flexibility index (Phi) is 2.98. The molecule has 3 aromatic rings. The number of nitrogens with two attached hydrogens (primary N) is 1. The van der Waals surface area contributed by atoms with E-state index in [-0.39, 0.29) is 0 Å². The van der Waals surface area contributed by atoms with E-state index < -0.39 is 0 Å². The maximum atomic E-state index is 5.72. The smallest absolute Gasteiger partial charge is 0.214 e. The van der Waals surface area contributed by atoms with Gasteiger partial charge in [0.1, 0.15) is 18.1 Å². The molecule has 0 aliphatic rings. The van der Waals surface area contributed by atoms with Gasteiger partial charge in [-0.2, -0.15) is 0 Å². The van der Waals surface area contributed by atoms with Gasteiger partial charge < -0.3 is 14.7 Å². The van der Waals surface area contributed by atoms with Crippen molar-refractivity contribution in [2.75, 3.05) is 5.73 Å². The van der Waals surface area contributed by atoms with Crippen LogP contribution in [0, 0.1) is 13.8 Å². The summed E-state index contributed by atoms with van der Waals surface area (Å²) in [6.45, 7) is 4.37. The van der Waals surface area contributed by atoms with E-state index in [2.05, 4.69) is 15.0 Å². The highest BCUT2D eigenvalue weighted by atomic mass is 16.4. The first-order chi connectivity index (χ1) is 9.63. The normalized spacial score (nSPS) is 10.9. The number of anilines is 1. The van der Waals surface area contributed by atoms with Crippen LogP contribution in [0.4, 0.5) is 5.82 Å². The van der Waals surface area contributed by atoms with Crippen LogP contribution >= 0.6 is 0 Å². The molecular weight excluding hydrogens is 254 g/mol. The summed E-state index contributed by atoms with van der Waals surface area (Å²) in [5, 5.41) is 0. The number of oxazole rings is 1. The fourth-order valence-electron chi connectivity index (χ4n) is 2.05. The van der Waals surface area contributed by atoms with Crippen LogP contribution in [-0.2, 0) is 6.54 Å². The third-order valence-electron chi connectivity index (χ3n) is 3.17. The number of hydrogen-bond donors (Lipinski definition) is 1. The minimum Gasteiger partial charge on any atom is -0.444 e. The Bertz CT molecular complexity index is 724. The second kappa shape index (κ2) is 4.80. The van der Waals surface area contributed by atoms with Gasteiger partial charge in [-0.15, -0.1) is 0 Å². The van der Waals surface area contributed by atoms with E-state index in [9.17, 15) is 0 Å². The minimum atomic E-state index is 0.484. The fourth-order valence-corrected chi connectivity index (χ4v) is 2.05. The first kappa shape index (κ1) is 12.4. The van der Waals surface area contributed by atoms with E-state index in [1.807, 2.05) is 30.5 Å². The van der Waals surface area contributed by atoms with Gasteiger partial charge in [0, 0.05) is 11.8 Å². The number of nitrogen functional groups attached to an aromatic ring is 1. The lowest BCUT2D eigenvalue weighted by Crippen LogP contribution is -2.01. The Hall–Kier alpha value is -2.63. The van der Waals surface area contributed by atoms with Gasteiger partial charge in [0.15, 0.2) is 0 Å². The molecule has 2 N–H and O–H groups in total. The van der Waals surface area contributed by atoms with Crippen molar-refractivity contribution in [3.63, 3.8) is 0 Å². The first-order valence-electron chi connectivity index (χ1n) is 6.28. The number of imidazole rings is 1. The number of aryl methyl sites for hydroxylation is 2. The quantitative estimate of drug-likeness (QED) is 0.788. The standard InChI is InChI=1S/C14H15N5O/c1-9-10(2)20-14(18-9)7-19-8-16-6-12(19)11-3-4-17-13(15)5-11/h3-6,8H,7H2,1-2H3,(H2,15,17). The molecule has 0 amide bonds. The Morgan fingerprint density at radius 1 is 1.35 bits per heavy atom. The molecule has 0 aliphatic heterocycles. The van der Waals surface area contributed by atoms with Gasteiger partial charge in [0.05, 0.1) is 23.9 Å². The van der Waals surface area contributed by atoms with Crippen molar-refractivity contribution in [1.29, 1.82) is 0 Å². The summed E-state index contributed by atoms with van der Waals surface area (Å²) >= 11 is 0. The molecule has 0 saturated carbocycles. The molecule has 0 aliphatic carbocycles. The Labute approximate surface area is 116 Å². The number of aromatic nitrogens is 4. The molecule has 0 atom stereocenters. The summed E-state index contributed by atoms with van der Waals surface area (Å²) in [5.74, 6) is 1.99. The number of nitrogens with zero attached hydrogens (tertiary/aromatic N) is 4. The highest BCUT2D eigenvalue weighted by Crippen LogP contribution is 2.21. The highest BCUT2D eigenvalue weighted by molar-refractivity contribution is 5.61. The van der Waals surface area contributed by atoms with Gasteiger partial charge >= 0.3 is 0 Å². The lowest BCUT2D eigenvalue weighted by Gasteiger charge is -2.06. The molecule has 0 unspecified atom stereocenters. The maximum Gasteiger partial charge on any atom is 0.214 e. The molecule has 0 spiro atoms. The maximum absolute atomic E-state index is 5.72. The molecule has 102 valence electrons. The molecule has 6 heteroatoms. The van der Waals surface area contributed by atoms with Crippen LogP contribution in [0.3, 0.4) is 0 Å². The molecular formula is C14H15N5O.